The van der Waals surface area contributed by atoms with E-state index in [9.17, 15) is 4.79 Å². The predicted molar refractivity (Wildman–Crippen MR) is 72.0 cm³/mol. The highest BCUT2D eigenvalue weighted by Gasteiger charge is 2.17. The molecule has 17 heavy (non-hydrogen) atoms. The second kappa shape index (κ2) is 5.98. The van der Waals surface area contributed by atoms with Crippen LogP contribution in [0.15, 0.2) is 23.6 Å². The lowest BCUT2D eigenvalue weighted by Crippen LogP contribution is -2.48. The summed E-state index contributed by atoms with van der Waals surface area (Å²) < 4.78 is 0. The molecule has 1 aromatic rings. The standard InChI is InChI=1S/C13H18N2OS/c1-2-14-7-9-15(10-8-14)13(16)6-5-12-4-3-11-17-12/h3-6,11H,2,7-10H2,1H3. The van der Waals surface area contributed by atoms with E-state index in [1.54, 1.807) is 17.4 Å². The minimum absolute atomic E-state index is 0.133. The molecule has 0 radical (unpaired) electrons. The van der Waals surface area contributed by atoms with Crippen LogP contribution in [-0.2, 0) is 4.79 Å². The van der Waals surface area contributed by atoms with E-state index >= 15 is 0 Å². The maximum atomic E-state index is 11.9. The SMILES string of the molecule is CCN1CCN(C(=O)C=Cc2cccs2)CC1. The lowest BCUT2D eigenvalue weighted by Gasteiger charge is -2.33. The second-order valence-electron chi connectivity index (χ2n) is 4.11. The Balaban J connectivity index is 1.85. The Morgan fingerprint density at radius 3 is 2.76 bits per heavy atom. The van der Waals surface area contributed by atoms with E-state index < -0.39 is 0 Å². The van der Waals surface area contributed by atoms with Crippen LogP contribution in [0.2, 0.25) is 0 Å². The average Bonchev–Trinajstić information content (AvgIpc) is 2.89. The van der Waals surface area contributed by atoms with E-state index in [2.05, 4.69) is 11.8 Å². The molecule has 0 aliphatic carbocycles. The molecular weight excluding hydrogens is 232 g/mol. The van der Waals surface area contributed by atoms with Crippen molar-refractivity contribution in [2.75, 3.05) is 32.7 Å². The Morgan fingerprint density at radius 2 is 2.18 bits per heavy atom. The molecule has 0 unspecified atom stereocenters. The maximum Gasteiger partial charge on any atom is 0.246 e. The minimum atomic E-state index is 0.133. The van der Waals surface area contributed by atoms with Crippen LogP contribution in [0.4, 0.5) is 0 Å². The molecule has 0 bridgehead atoms. The quantitative estimate of drug-likeness (QED) is 0.765. The largest absolute Gasteiger partial charge is 0.337 e. The lowest BCUT2D eigenvalue weighted by molar-refractivity contribution is -0.127. The summed E-state index contributed by atoms with van der Waals surface area (Å²) in [6, 6.07) is 4.01. The van der Waals surface area contributed by atoms with Gasteiger partial charge >= 0.3 is 0 Å². The van der Waals surface area contributed by atoms with Gasteiger partial charge in [0.15, 0.2) is 0 Å². The van der Waals surface area contributed by atoms with Crippen molar-refractivity contribution in [2.24, 2.45) is 0 Å². The molecule has 3 nitrogen and oxygen atoms in total. The van der Waals surface area contributed by atoms with Crippen molar-refractivity contribution in [3.8, 4) is 0 Å². The Labute approximate surface area is 106 Å². The summed E-state index contributed by atoms with van der Waals surface area (Å²) in [5.41, 5.74) is 0. The van der Waals surface area contributed by atoms with Crippen LogP contribution >= 0.6 is 11.3 Å². The summed E-state index contributed by atoms with van der Waals surface area (Å²) in [5, 5.41) is 2.02. The summed E-state index contributed by atoms with van der Waals surface area (Å²) in [6.45, 7) is 6.92. The molecule has 0 spiro atoms. The zero-order valence-corrected chi connectivity index (χ0v) is 10.9. The number of hydrogen-bond donors (Lipinski definition) is 0. The molecule has 2 heterocycles. The molecule has 1 saturated heterocycles. The number of carbonyl (C=O) groups is 1. The van der Waals surface area contributed by atoms with Gasteiger partial charge in [-0.2, -0.15) is 0 Å². The van der Waals surface area contributed by atoms with Gasteiger partial charge in [0.2, 0.25) is 5.91 Å². The topological polar surface area (TPSA) is 23.6 Å². The van der Waals surface area contributed by atoms with Gasteiger partial charge in [0, 0.05) is 37.1 Å². The fraction of sp³-hybridized carbons (Fsp3) is 0.462. The fourth-order valence-corrected chi connectivity index (χ4v) is 2.55. The van der Waals surface area contributed by atoms with Crippen molar-refractivity contribution in [3.05, 3.63) is 28.5 Å². The highest BCUT2D eigenvalue weighted by molar-refractivity contribution is 7.10. The van der Waals surface area contributed by atoms with Gasteiger partial charge in [-0.15, -0.1) is 11.3 Å². The normalized spacial score (nSPS) is 17.8. The van der Waals surface area contributed by atoms with E-state index in [0.29, 0.717) is 0 Å². The van der Waals surface area contributed by atoms with Gasteiger partial charge in [0.25, 0.3) is 0 Å². The fourth-order valence-electron chi connectivity index (χ4n) is 1.93. The number of likely N-dealkylation sites (N-methyl/N-ethyl adjacent to an activating group) is 1. The number of nitrogens with zero attached hydrogens (tertiary/aromatic N) is 2. The van der Waals surface area contributed by atoms with Crippen LogP contribution in [0.3, 0.4) is 0 Å². The molecule has 1 fully saturated rings. The highest BCUT2D eigenvalue weighted by atomic mass is 32.1. The maximum absolute atomic E-state index is 11.9. The number of piperazine rings is 1. The van der Waals surface area contributed by atoms with E-state index in [0.717, 1.165) is 37.6 Å². The van der Waals surface area contributed by atoms with E-state index in [-0.39, 0.29) is 5.91 Å². The highest BCUT2D eigenvalue weighted by Crippen LogP contribution is 2.11. The van der Waals surface area contributed by atoms with Gasteiger partial charge in [-0.1, -0.05) is 13.0 Å². The molecule has 92 valence electrons. The zero-order chi connectivity index (χ0) is 12.1. The summed E-state index contributed by atoms with van der Waals surface area (Å²) in [6.07, 6.45) is 3.59. The van der Waals surface area contributed by atoms with Crippen molar-refractivity contribution in [2.45, 2.75) is 6.92 Å². The molecule has 0 atom stereocenters. The van der Waals surface area contributed by atoms with Crippen LogP contribution in [0.1, 0.15) is 11.8 Å². The number of thiophene rings is 1. The van der Waals surface area contributed by atoms with E-state index in [1.807, 2.05) is 28.5 Å². The molecular formula is C13H18N2OS. The first-order valence-corrected chi connectivity index (χ1v) is 6.90. The number of hydrogen-bond acceptors (Lipinski definition) is 3. The van der Waals surface area contributed by atoms with Crippen LogP contribution in [-0.4, -0.2) is 48.4 Å². The number of amides is 1. The summed E-state index contributed by atoms with van der Waals surface area (Å²) >= 11 is 1.65. The molecule has 4 heteroatoms. The lowest BCUT2D eigenvalue weighted by atomic mass is 10.3. The molecule has 0 aromatic carbocycles. The third-order valence-electron chi connectivity index (χ3n) is 3.06. The van der Waals surface area contributed by atoms with Gasteiger partial charge in [-0.25, -0.2) is 0 Å². The third-order valence-corrected chi connectivity index (χ3v) is 3.90. The van der Waals surface area contributed by atoms with Crippen molar-refractivity contribution in [1.29, 1.82) is 0 Å². The Morgan fingerprint density at radius 1 is 1.41 bits per heavy atom. The van der Waals surface area contributed by atoms with Crippen LogP contribution < -0.4 is 0 Å². The number of carbonyl (C=O) groups excluding carboxylic acids is 1. The molecule has 1 amide bonds. The molecule has 1 aromatic heterocycles. The molecule has 2 rings (SSSR count). The predicted octanol–water partition coefficient (Wildman–Crippen LogP) is 1.93. The first-order chi connectivity index (χ1) is 8.29. The minimum Gasteiger partial charge on any atom is -0.337 e. The van der Waals surface area contributed by atoms with Gasteiger partial charge in [-0.05, 0) is 24.1 Å². The Kier molecular flexibility index (Phi) is 4.34. The summed E-state index contributed by atoms with van der Waals surface area (Å²) in [4.78, 5) is 17.3. The average molecular weight is 250 g/mol. The van der Waals surface area contributed by atoms with Crippen molar-refractivity contribution in [3.63, 3.8) is 0 Å². The van der Waals surface area contributed by atoms with Gasteiger partial charge in [-0.3, -0.25) is 4.79 Å². The third kappa shape index (κ3) is 3.41. The molecule has 0 N–H and O–H groups in total. The van der Waals surface area contributed by atoms with Gasteiger partial charge in [0.1, 0.15) is 0 Å². The summed E-state index contributed by atoms with van der Waals surface area (Å²) in [5.74, 6) is 0.133. The van der Waals surface area contributed by atoms with E-state index in [4.69, 9.17) is 0 Å². The molecule has 1 aliphatic heterocycles. The molecule has 0 saturated carbocycles. The molecule has 1 aliphatic rings. The van der Waals surface area contributed by atoms with E-state index in [1.165, 1.54) is 0 Å². The van der Waals surface area contributed by atoms with Crippen molar-refractivity contribution in [1.82, 2.24) is 9.80 Å². The van der Waals surface area contributed by atoms with Gasteiger partial charge < -0.3 is 9.80 Å². The first kappa shape index (κ1) is 12.3. The van der Waals surface area contributed by atoms with Gasteiger partial charge in [0.05, 0.1) is 0 Å². The zero-order valence-electron chi connectivity index (χ0n) is 10.1. The first-order valence-electron chi connectivity index (χ1n) is 6.02. The monoisotopic (exact) mass is 250 g/mol. The van der Waals surface area contributed by atoms with Crippen molar-refractivity contribution >= 4 is 23.3 Å². The number of rotatable bonds is 3. The smallest absolute Gasteiger partial charge is 0.246 e. The van der Waals surface area contributed by atoms with Crippen LogP contribution in [0, 0.1) is 0 Å². The summed E-state index contributed by atoms with van der Waals surface area (Å²) in [7, 11) is 0. The van der Waals surface area contributed by atoms with Crippen LogP contribution in [0.25, 0.3) is 6.08 Å². The Hall–Kier alpha value is -1.13. The van der Waals surface area contributed by atoms with Crippen LogP contribution in [0.5, 0.6) is 0 Å². The second-order valence-corrected chi connectivity index (χ2v) is 5.09. The Bertz CT molecular complexity index is 378. The van der Waals surface area contributed by atoms with Crippen molar-refractivity contribution < 1.29 is 4.79 Å².